The third-order valence-electron chi connectivity index (χ3n) is 3.35. The molecule has 1 fully saturated rings. The number of carbonyl (C=O) groups is 4. The zero-order valence-corrected chi connectivity index (χ0v) is 15.7. The lowest BCUT2D eigenvalue weighted by Gasteiger charge is -2.44. The lowest BCUT2D eigenvalue weighted by atomic mass is 9.98. The molecule has 1 aliphatic heterocycles. The Bertz CT molecular complexity index is 551. The number of rotatable bonds is 8. The standard InChI is InChI=1S/C16H25NO10/c1-8(18)23-7-12-13(24-9(2)19)14(25-10(3)20)15(26-11(4)21)16(27-12)22-6-5-17/h12-16H,5-7,17H2,1-4H3. The highest BCUT2D eigenvalue weighted by Crippen LogP contribution is 2.29. The molecule has 0 aliphatic carbocycles. The largest absolute Gasteiger partial charge is 0.463 e. The fourth-order valence-electron chi connectivity index (χ4n) is 2.51. The van der Waals surface area contributed by atoms with Gasteiger partial charge in [0.05, 0.1) is 6.61 Å². The summed E-state index contributed by atoms with van der Waals surface area (Å²) in [4.78, 5) is 45.8. The van der Waals surface area contributed by atoms with Gasteiger partial charge in [0.15, 0.2) is 24.6 Å². The van der Waals surface area contributed by atoms with Crippen LogP contribution in [0.15, 0.2) is 0 Å². The van der Waals surface area contributed by atoms with E-state index in [4.69, 9.17) is 34.2 Å². The van der Waals surface area contributed by atoms with Gasteiger partial charge < -0.3 is 34.2 Å². The molecule has 0 aromatic carbocycles. The fraction of sp³-hybridized carbons (Fsp3) is 0.750. The number of ether oxygens (including phenoxy) is 6. The second-order valence-electron chi connectivity index (χ2n) is 5.73. The van der Waals surface area contributed by atoms with E-state index in [1.165, 1.54) is 6.92 Å². The van der Waals surface area contributed by atoms with Crippen LogP contribution in [0.1, 0.15) is 27.7 Å². The van der Waals surface area contributed by atoms with Gasteiger partial charge in [-0.1, -0.05) is 0 Å². The molecule has 154 valence electrons. The SMILES string of the molecule is CC(=O)OCC1OC(OCCN)C(OC(C)=O)C(OC(C)=O)C1OC(C)=O. The summed E-state index contributed by atoms with van der Waals surface area (Å²) in [5.41, 5.74) is 5.42. The smallest absolute Gasteiger partial charge is 0.303 e. The Kier molecular flexibility index (Phi) is 9.12. The molecule has 0 aromatic heterocycles. The number of carbonyl (C=O) groups excluding carboxylic acids is 4. The average Bonchev–Trinajstić information content (AvgIpc) is 2.54. The maximum absolute atomic E-state index is 11.6. The molecule has 11 heteroatoms. The summed E-state index contributed by atoms with van der Waals surface area (Å²) >= 11 is 0. The van der Waals surface area contributed by atoms with Crippen molar-refractivity contribution in [1.82, 2.24) is 0 Å². The molecule has 0 radical (unpaired) electrons. The number of hydrogen-bond acceptors (Lipinski definition) is 11. The minimum absolute atomic E-state index is 0.0493. The first kappa shape index (κ1) is 22.8. The van der Waals surface area contributed by atoms with Crippen LogP contribution >= 0.6 is 0 Å². The number of esters is 4. The van der Waals surface area contributed by atoms with Gasteiger partial charge in [-0.05, 0) is 0 Å². The predicted molar refractivity (Wildman–Crippen MR) is 87.0 cm³/mol. The third kappa shape index (κ3) is 7.49. The van der Waals surface area contributed by atoms with Crippen LogP contribution in [0, 0.1) is 0 Å². The summed E-state index contributed by atoms with van der Waals surface area (Å²) in [6.07, 6.45) is -5.89. The molecule has 0 saturated carbocycles. The highest BCUT2D eigenvalue weighted by molar-refractivity contribution is 5.68. The number of nitrogens with two attached hydrogens (primary N) is 1. The summed E-state index contributed by atoms with van der Waals surface area (Å²) in [5, 5.41) is 0. The Morgan fingerprint density at radius 2 is 1.33 bits per heavy atom. The van der Waals surface area contributed by atoms with Gasteiger partial charge in [-0.2, -0.15) is 0 Å². The molecule has 11 nitrogen and oxygen atoms in total. The zero-order valence-electron chi connectivity index (χ0n) is 15.7. The van der Waals surface area contributed by atoms with E-state index in [1.54, 1.807) is 0 Å². The maximum atomic E-state index is 11.6. The van der Waals surface area contributed by atoms with Crippen LogP contribution in [0.3, 0.4) is 0 Å². The van der Waals surface area contributed by atoms with Crippen molar-refractivity contribution in [1.29, 1.82) is 0 Å². The normalized spacial score (nSPS) is 27.4. The summed E-state index contributed by atoms with van der Waals surface area (Å²) < 4.78 is 31.7. The Hall–Kier alpha value is -2.24. The van der Waals surface area contributed by atoms with E-state index in [0.717, 1.165) is 20.8 Å². The minimum Gasteiger partial charge on any atom is -0.463 e. The molecule has 0 aromatic rings. The van der Waals surface area contributed by atoms with Gasteiger partial charge in [0.25, 0.3) is 0 Å². The van der Waals surface area contributed by atoms with Gasteiger partial charge in [0, 0.05) is 34.2 Å². The first-order chi connectivity index (χ1) is 12.6. The van der Waals surface area contributed by atoms with Crippen molar-refractivity contribution in [3.63, 3.8) is 0 Å². The molecule has 0 amide bonds. The fourth-order valence-corrected chi connectivity index (χ4v) is 2.51. The van der Waals surface area contributed by atoms with E-state index in [9.17, 15) is 19.2 Å². The van der Waals surface area contributed by atoms with Crippen LogP contribution in [0.2, 0.25) is 0 Å². The molecule has 1 aliphatic rings. The van der Waals surface area contributed by atoms with Crippen molar-refractivity contribution < 1.29 is 47.6 Å². The van der Waals surface area contributed by atoms with Crippen LogP contribution in [-0.4, -0.2) is 74.3 Å². The Balaban J connectivity index is 3.22. The maximum Gasteiger partial charge on any atom is 0.303 e. The quantitative estimate of drug-likeness (QED) is 0.403. The highest BCUT2D eigenvalue weighted by Gasteiger charge is 2.52. The van der Waals surface area contributed by atoms with Gasteiger partial charge in [0.1, 0.15) is 12.7 Å². The highest BCUT2D eigenvalue weighted by atomic mass is 16.7. The molecule has 0 bridgehead atoms. The van der Waals surface area contributed by atoms with Crippen molar-refractivity contribution >= 4 is 23.9 Å². The zero-order chi connectivity index (χ0) is 20.6. The summed E-state index contributed by atoms with van der Waals surface area (Å²) in [6.45, 7) is 4.52. The second-order valence-corrected chi connectivity index (χ2v) is 5.73. The molecule has 2 N–H and O–H groups in total. The van der Waals surface area contributed by atoms with Gasteiger partial charge in [-0.3, -0.25) is 19.2 Å². The van der Waals surface area contributed by atoms with Gasteiger partial charge in [-0.15, -0.1) is 0 Å². The molecule has 0 spiro atoms. The lowest BCUT2D eigenvalue weighted by Crippen LogP contribution is -2.63. The van der Waals surface area contributed by atoms with Gasteiger partial charge in [-0.25, -0.2) is 0 Å². The molecule has 27 heavy (non-hydrogen) atoms. The van der Waals surface area contributed by atoms with Crippen LogP contribution in [0.25, 0.3) is 0 Å². The monoisotopic (exact) mass is 391 g/mol. The molecule has 1 saturated heterocycles. The van der Waals surface area contributed by atoms with E-state index in [0.29, 0.717) is 0 Å². The Morgan fingerprint density at radius 1 is 0.815 bits per heavy atom. The Morgan fingerprint density at radius 3 is 1.81 bits per heavy atom. The van der Waals surface area contributed by atoms with Crippen LogP contribution in [0.5, 0.6) is 0 Å². The van der Waals surface area contributed by atoms with Crippen LogP contribution < -0.4 is 5.73 Å². The van der Waals surface area contributed by atoms with E-state index in [1.807, 2.05) is 0 Å². The van der Waals surface area contributed by atoms with Crippen molar-refractivity contribution in [2.45, 2.75) is 58.4 Å². The lowest BCUT2D eigenvalue weighted by molar-refractivity contribution is -0.307. The number of hydrogen-bond donors (Lipinski definition) is 1. The van der Waals surface area contributed by atoms with E-state index >= 15 is 0 Å². The van der Waals surface area contributed by atoms with E-state index < -0.39 is 54.6 Å². The third-order valence-corrected chi connectivity index (χ3v) is 3.35. The predicted octanol–water partition coefficient (Wildman–Crippen LogP) is -0.955. The molecule has 1 heterocycles. The van der Waals surface area contributed by atoms with Gasteiger partial charge in [0.2, 0.25) is 0 Å². The second kappa shape index (κ2) is 10.8. The van der Waals surface area contributed by atoms with E-state index in [2.05, 4.69) is 0 Å². The van der Waals surface area contributed by atoms with E-state index in [-0.39, 0.29) is 19.8 Å². The summed E-state index contributed by atoms with van der Waals surface area (Å²) in [7, 11) is 0. The Labute approximate surface area is 156 Å². The average molecular weight is 391 g/mol. The minimum atomic E-state index is -1.24. The van der Waals surface area contributed by atoms with Crippen molar-refractivity contribution in [3.8, 4) is 0 Å². The van der Waals surface area contributed by atoms with Crippen molar-refractivity contribution in [2.24, 2.45) is 5.73 Å². The molecule has 5 atom stereocenters. The first-order valence-electron chi connectivity index (χ1n) is 8.27. The van der Waals surface area contributed by atoms with Crippen molar-refractivity contribution in [3.05, 3.63) is 0 Å². The van der Waals surface area contributed by atoms with Crippen molar-refractivity contribution in [2.75, 3.05) is 19.8 Å². The molecule has 1 rings (SSSR count). The summed E-state index contributed by atoms with van der Waals surface area (Å²) in [5.74, 6) is -2.69. The van der Waals surface area contributed by atoms with Gasteiger partial charge >= 0.3 is 23.9 Å². The molecular formula is C16H25NO10. The van der Waals surface area contributed by atoms with Crippen LogP contribution in [-0.2, 0) is 47.6 Å². The molecule has 5 unspecified atom stereocenters. The van der Waals surface area contributed by atoms with Crippen LogP contribution in [0.4, 0.5) is 0 Å². The first-order valence-corrected chi connectivity index (χ1v) is 8.27. The topological polar surface area (TPSA) is 150 Å². The summed E-state index contributed by atoms with van der Waals surface area (Å²) in [6, 6.07) is 0. The molecular weight excluding hydrogens is 366 g/mol.